The average molecular weight is 361 g/mol. The minimum Gasteiger partial charge on any atom is -0.465 e. The van der Waals surface area contributed by atoms with Crippen LogP contribution in [-0.2, 0) is 4.74 Å². The second-order valence-corrected chi connectivity index (χ2v) is 6.99. The maximum absolute atomic E-state index is 11.9. The average Bonchev–Trinajstić information content (AvgIpc) is 3.12. The molecule has 5 nitrogen and oxygen atoms in total. The summed E-state index contributed by atoms with van der Waals surface area (Å²) in [5, 5.41) is 1.14. The minimum absolute atomic E-state index is 0.335. The van der Waals surface area contributed by atoms with Gasteiger partial charge in [0, 0.05) is 23.3 Å². The van der Waals surface area contributed by atoms with Gasteiger partial charge in [0.05, 0.1) is 24.1 Å². The molecule has 4 rings (SSSR count). The van der Waals surface area contributed by atoms with Crippen LogP contribution in [0.15, 0.2) is 37.2 Å². The van der Waals surface area contributed by atoms with Crippen LogP contribution in [0, 0.1) is 0 Å². The van der Waals surface area contributed by atoms with Gasteiger partial charge in [0.15, 0.2) is 0 Å². The van der Waals surface area contributed by atoms with Gasteiger partial charge in [-0.2, -0.15) is 0 Å². The molecule has 0 amide bonds. The van der Waals surface area contributed by atoms with Gasteiger partial charge in [0.1, 0.15) is 5.69 Å². The Labute approximate surface area is 158 Å². The number of aromatic amines is 1. The third-order valence-corrected chi connectivity index (χ3v) is 5.43. The van der Waals surface area contributed by atoms with Crippen LogP contribution in [0.3, 0.4) is 0 Å². The van der Waals surface area contributed by atoms with Gasteiger partial charge in [-0.05, 0) is 42.5 Å². The van der Waals surface area contributed by atoms with Crippen molar-refractivity contribution in [2.45, 2.75) is 38.0 Å². The summed E-state index contributed by atoms with van der Waals surface area (Å²) in [7, 11) is 1.40. The van der Waals surface area contributed by atoms with Crippen LogP contribution in [0.5, 0.6) is 0 Å². The van der Waals surface area contributed by atoms with Crippen molar-refractivity contribution in [3.8, 4) is 11.4 Å². The van der Waals surface area contributed by atoms with Crippen molar-refractivity contribution in [2.75, 3.05) is 7.11 Å². The van der Waals surface area contributed by atoms with Gasteiger partial charge in [-0.25, -0.2) is 4.79 Å². The second-order valence-electron chi connectivity index (χ2n) is 6.99. The van der Waals surface area contributed by atoms with Crippen molar-refractivity contribution in [3.05, 3.63) is 54.0 Å². The number of nitrogens with one attached hydrogen (secondary N) is 1. The van der Waals surface area contributed by atoms with E-state index in [1.807, 2.05) is 18.2 Å². The Morgan fingerprint density at radius 3 is 2.74 bits per heavy atom. The van der Waals surface area contributed by atoms with E-state index in [0.717, 1.165) is 28.0 Å². The maximum Gasteiger partial charge on any atom is 0.337 e. The summed E-state index contributed by atoms with van der Waals surface area (Å²) in [6, 6.07) is 5.72. The second kappa shape index (κ2) is 7.35. The summed E-state index contributed by atoms with van der Waals surface area (Å²) >= 11 is 0. The zero-order valence-electron chi connectivity index (χ0n) is 15.5. The molecule has 0 radical (unpaired) electrons. The lowest BCUT2D eigenvalue weighted by Gasteiger charge is -2.23. The van der Waals surface area contributed by atoms with E-state index in [1.54, 1.807) is 18.5 Å². The topological polar surface area (TPSA) is 67.9 Å². The molecule has 0 aliphatic heterocycles. The summed E-state index contributed by atoms with van der Waals surface area (Å²) in [4.78, 5) is 24.5. The zero-order chi connectivity index (χ0) is 18.8. The first-order valence-electron chi connectivity index (χ1n) is 9.40. The number of hydrogen-bond donors (Lipinski definition) is 1. The number of H-pyrrole nitrogens is 1. The number of aromatic nitrogens is 3. The van der Waals surface area contributed by atoms with Gasteiger partial charge in [0.25, 0.3) is 0 Å². The van der Waals surface area contributed by atoms with Crippen molar-refractivity contribution in [3.63, 3.8) is 0 Å². The Bertz CT molecular complexity index is 1000. The fourth-order valence-electron chi connectivity index (χ4n) is 4.16. The number of hydrogen-bond acceptors (Lipinski definition) is 4. The molecule has 2 aromatic heterocycles. The molecule has 1 fully saturated rings. The first kappa shape index (κ1) is 17.5. The maximum atomic E-state index is 11.9. The number of rotatable bonds is 4. The summed E-state index contributed by atoms with van der Waals surface area (Å²) in [5.74, 6) is 0.143. The molecule has 0 unspecified atom stereocenters. The Kier molecular flexibility index (Phi) is 4.75. The molecule has 5 heteroatoms. The number of methoxy groups -OCH3 is 1. The Morgan fingerprint density at radius 1 is 1.22 bits per heavy atom. The van der Waals surface area contributed by atoms with Gasteiger partial charge in [-0.15, -0.1) is 0 Å². The molecular weight excluding hydrogens is 338 g/mol. The standard InChI is InChI=1S/C22H23N3O2/c1-3-17-20(24-12-11-23-17)21-19(14-7-5-4-6-8-14)16-10-9-15(22(26)27-2)13-18(16)25-21/h3,9-14,25H,1,4-8H2,2H3. The highest BCUT2D eigenvalue weighted by atomic mass is 16.5. The van der Waals surface area contributed by atoms with E-state index in [4.69, 9.17) is 4.74 Å². The predicted molar refractivity (Wildman–Crippen MR) is 107 cm³/mol. The quantitative estimate of drug-likeness (QED) is 0.656. The predicted octanol–water partition coefficient (Wildman–Crippen LogP) is 5.10. The summed E-state index contributed by atoms with van der Waals surface area (Å²) in [6.07, 6.45) is 11.2. The molecule has 1 aliphatic rings. The van der Waals surface area contributed by atoms with Crippen LogP contribution in [0.1, 0.15) is 59.6 Å². The van der Waals surface area contributed by atoms with Crippen LogP contribution in [0.4, 0.5) is 0 Å². The molecule has 3 aromatic rings. The van der Waals surface area contributed by atoms with Gasteiger partial charge in [0.2, 0.25) is 0 Å². The van der Waals surface area contributed by atoms with E-state index in [1.165, 1.54) is 44.8 Å². The summed E-state index contributed by atoms with van der Waals surface area (Å²) in [5.41, 5.74) is 5.30. The molecule has 1 saturated carbocycles. The largest absolute Gasteiger partial charge is 0.465 e. The molecule has 2 heterocycles. The van der Waals surface area contributed by atoms with E-state index in [9.17, 15) is 4.79 Å². The van der Waals surface area contributed by atoms with Crippen molar-refractivity contribution in [1.29, 1.82) is 0 Å². The van der Waals surface area contributed by atoms with Crippen LogP contribution >= 0.6 is 0 Å². The van der Waals surface area contributed by atoms with E-state index < -0.39 is 0 Å². The van der Waals surface area contributed by atoms with Crippen molar-refractivity contribution in [2.24, 2.45) is 0 Å². The third-order valence-electron chi connectivity index (χ3n) is 5.43. The number of esters is 1. The Hall–Kier alpha value is -2.95. The normalized spacial score (nSPS) is 15.0. The fraction of sp³-hybridized carbons (Fsp3) is 0.318. The van der Waals surface area contributed by atoms with Gasteiger partial charge < -0.3 is 9.72 Å². The number of nitrogens with zero attached hydrogens (tertiary/aromatic N) is 2. The Balaban J connectivity index is 1.95. The van der Waals surface area contributed by atoms with E-state index in [0.29, 0.717) is 11.5 Å². The molecule has 0 spiro atoms. The van der Waals surface area contributed by atoms with Crippen LogP contribution < -0.4 is 0 Å². The molecule has 0 atom stereocenters. The SMILES string of the molecule is C=Cc1nccnc1-c1[nH]c2cc(C(=O)OC)ccc2c1C1CCCCC1. The molecule has 1 N–H and O–H groups in total. The summed E-state index contributed by atoms with van der Waals surface area (Å²) < 4.78 is 4.87. The molecule has 27 heavy (non-hydrogen) atoms. The van der Waals surface area contributed by atoms with Crippen molar-refractivity contribution < 1.29 is 9.53 Å². The highest BCUT2D eigenvalue weighted by Gasteiger charge is 2.25. The Morgan fingerprint density at radius 2 is 2.00 bits per heavy atom. The van der Waals surface area contributed by atoms with Crippen molar-refractivity contribution >= 4 is 22.9 Å². The molecule has 138 valence electrons. The minimum atomic E-state index is -0.335. The fourth-order valence-corrected chi connectivity index (χ4v) is 4.16. The lowest BCUT2D eigenvalue weighted by Crippen LogP contribution is -2.06. The van der Waals surface area contributed by atoms with Crippen molar-refractivity contribution in [1.82, 2.24) is 15.0 Å². The third kappa shape index (κ3) is 3.14. The molecule has 1 aromatic carbocycles. The number of fused-ring (bicyclic) bond motifs is 1. The van der Waals surface area contributed by atoms with Crippen LogP contribution in [-0.4, -0.2) is 28.0 Å². The molecule has 0 saturated heterocycles. The zero-order valence-corrected chi connectivity index (χ0v) is 15.5. The van der Waals surface area contributed by atoms with Gasteiger partial charge in [-0.1, -0.05) is 31.9 Å². The van der Waals surface area contributed by atoms with E-state index >= 15 is 0 Å². The number of carbonyl (C=O) groups is 1. The molecule has 0 bridgehead atoms. The number of ether oxygens (including phenoxy) is 1. The monoisotopic (exact) mass is 361 g/mol. The van der Waals surface area contributed by atoms with E-state index in [2.05, 4.69) is 21.5 Å². The van der Waals surface area contributed by atoms with Gasteiger partial charge >= 0.3 is 5.97 Å². The van der Waals surface area contributed by atoms with Crippen LogP contribution in [0.2, 0.25) is 0 Å². The smallest absolute Gasteiger partial charge is 0.337 e. The summed E-state index contributed by atoms with van der Waals surface area (Å²) in [6.45, 7) is 3.88. The first-order valence-corrected chi connectivity index (χ1v) is 9.40. The highest BCUT2D eigenvalue weighted by Crippen LogP contribution is 2.42. The first-order chi connectivity index (χ1) is 13.2. The number of carbonyl (C=O) groups excluding carboxylic acids is 1. The lowest BCUT2D eigenvalue weighted by molar-refractivity contribution is 0.0601. The molecule has 1 aliphatic carbocycles. The van der Waals surface area contributed by atoms with Gasteiger partial charge in [-0.3, -0.25) is 9.97 Å². The highest BCUT2D eigenvalue weighted by molar-refractivity contribution is 5.98. The lowest BCUT2D eigenvalue weighted by atomic mass is 9.82. The van der Waals surface area contributed by atoms with E-state index in [-0.39, 0.29) is 5.97 Å². The molecular formula is C22H23N3O2. The number of benzene rings is 1. The van der Waals surface area contributed by atoms with Crippen LogP contribution in [0.25, 0.3) is 28.4 Å².